The van der Waals surface area contributed by atoms with Crippen molar-refractivity contribution >= 4 is 91.2 Å². The van der Waals surface area contributed by atoms with Gasteiger partial charge in [-0.15, -0.1) is 0 Å². The molecule has 352 valence electrons. The van der Waals surface area contributed by atoms with E-state index < -0.39 is 52.1 Å². The minimum absolute atomic E-state index is 0.0360. The minimum Gasteiger partial charge on any atom is -0.374 e. The SMILES string of the molecule is Cc1cc(C2=NOC(c3cc(Cl)cc(Cl)c3)(C(F)(F)F)C2)ccc1C(=O)NCC1CS(=O)(=O)C1.Cc1cc(C2=NOC(c3cc(Cl)cc(Cl)c3)(C(F)(F)F)C2)ccc1C(=O)NCC1CSC1. The lowest BCUT2D eigenvalue weighted by Gasteiger charge is -2.29. The molecule has 22 heteroatoms. The Morgan fingerprint density at radius 3 is 1.35 bits per heavy atom. The summed E-state index contributed by atoms with van der Waals surface area (Å²) in [5, 5.41) is 13.3. The second kappa shape index (κ2) is 19.1. The number of rotatable bonds is 10. The molecule has 10 nitrogen and oxygen atoms in total. The van der Waals surface area contributed by atoms with Crippen molar-refractivity contribution in [2.45, 2.75) is 50.2 Å². The highest BCUT2D eigenvalue weighted by Crippen LogP contribution is 2.51. The topological polar surface area (TPSA) is 136 Å². The third-order valence-electron chi connectivity index (χ3n) is 11.4. The van der Waals surface area contributed by atoms with E-state index in [-0.39, 0.29) is 72.5 Å². The molecule has 8 rings (SSSR count). The fraction of sp³-hybridized carbons (Fsp3) is 0.364. The van der Waals surface area contributed by atoms with Crippen LogP contribution in [0.2, 0.25) is 20.1 Å². The second-order valence-corrected chi connectivity index (χ2v) is 21.4. The maximum atomic E-state index is 14.2. The van der Waals surface area contributed by atoms with Crippen LogP contribution in [-0.2, 0) is 30.7 Å². The number of carbonyl (C=O) groups excluding carboxylic acids is 2. The number of sulfone groups is 1. The molecular formula is C44H38Cl4F6N4O6S2. The van der Waals surface area contributed by atoms with Gasteiger partial charge >= 0.3 is 12.4 Å². The Balaban J connectivity index is 0.000000197. The Bertz CT molecular complexity index is 2700. The van der Waals surface area contributed by atoms with E-state index in [1.165, 1.54) is 36.4 Å². The highest BCUT2D eigenvalue weighted by Gasteiger charge is 2.63. The summed E-state index contributed by atoms with van der Waals surface area (Å²) in [5.74, 6) is 1.95. The molecule has 2 saturated heterocycles. The Labute approximate surface area is 399 Å². The monoisotopic (exact) mass is 1040 g/mol. The Kier molecular flexibility index (Phi) is 14.4. The number of oxime groups is 2. The van der Waals surface area contributed by atoms with E-state index in [9.17, 15) is 44.3 Å². The van der Waals surface area contributed by atoms with Gasteiger partial charge in [0.25, 0.3) is 23.0 Å². The van der Waals surface area contributed by atoms with Gasteiger partial charge in [-0.05, 0) is 114 Å². The number of carbonyl (C=O) groups is 2. The van der Waals surface area contributed by atoms with Crippen molar-refractivity contribution in [3.63, 3.8) is 0 Å². The van der Waals surface area contributed by atoms with E-state index in [2.05, 4.69) is 20.9 Å². The summed E-state index contributed by atoms with van der Waals surface area (Å²) in [4.78, 5) is 35.0. The highest BCUT2D eigenvalue weighted by atomic mass is 35.5. The molecule has 4 aliphatic rings. The predicted octanol–water partition coefficient (Wildman–Crippen LogP) is 10.6. The number of hydrogen-bond acceptors (Lipinski definition) is 9. The summed E-state index contributed by atoms with van der Waals surface area (Å²) < 4.78 is 107. The highest BCUT2D eigenvalue weighted by molar-refractivity contribution is 8.00. The Morgan fingerprint density at radius 1 is 0.652 bits per heavy atom. The molecule has 2 amide bonds. The zero-order valence-electron chi connectivity index (χ0n) is 34.7. The lowest BCUT2D eigenvalue weighted by Crippen LogP contribution is -2.44. The number of benzene rings is 4. The van der Waals surface area contributed by atoms with Crippen LogP contribution < -0.4 is 10.6 Å². The van der Waals surface area contributed by atoms with Crippen molar-refractivity contribution < 1.29 is 54.0 Å². The number of alkyl halides is 6. The standard InChI is InChI=1S/C22H19Cl2F3N2O4S.C22H19Cl2F3N2O2S/c1-12-4-14(2-3-18(12)20(30)28-9-13-10-34(31,32)11-13)19-8-21(33-29-19,22(25,26)27)15-5-16(23)7-17(24)6-15;1-12-4-14(2-3-18(12)20(30)28-9-13-10-32-11-13)19-8-21(31-29-19,22(25,26)27)15-5-16(23)7-17(24)6-15/h2-7,13H,8-11H2,1H3,(H,28,30);2-7,13H,8-11H2,1H3,(H,28,30). The van der Waals surface area contributed by atoms with Gasteiger partial charge in [-0.3, -0.25) is 9.59 Å². The van der Waals surface area contributed by atoms with Gasteiger partial charge in [-0.25, -0.2) is 8.42 Å². The fourth-order valence-electron chi connectivity index (χ4n) is 7.74. The summed E-state index contributed by atoms with van der Waals surface area (Å²) >= 11 is 25.6. The maximum absolute atomic E-state index is 14.2. The second-order valence-electron chi connectivity index (χ2n) is 16.4. The molecule has 4 aromatic rings. The largest absolute Gasteiger partial charge is 0.435 e. The lowest BCUT2D eigenvalue weighted by atomic mass is 9.86. The third kappa shape index (κ3) is 10.6. The first-order chi connectivity index (χ1) is 30.9. The molecule has 0 spiro atoms. The van der Waals surface area contributed by atoms with Crippen molar-refractivity contribution in [1.82, 2.24) is 10.6 Å². The number of aryl methyl sites for hydroxylation is 2. The number of thioether (sulfide) groups is 1. The molecule has 0 bridgehead atoms. The molecule has 4 heterocycles. The molecule has 66 heavy (non-hydrogen) atoms. The zero-order chi connectivity index (χ0) is 48.0. The summed E-state index contributed by atoms with van der Waals surface area (Å²) in [6, 6.07) is 16.7. The first kappa shape index (κ1) is 49.7. The number of nitrogens with one attached hydrogen (secondary N) is 2. The average Bonchev–Trinajstić information content (AvgIpc) is 3.86. The quantitative estimate of drug-likeness (QED) is 0.151. The van der Waals surface area contributed by atoms with Crippen LogP contribution in [0.1, 0.15) is 66.9 Å². The zero-order valence-corrected chi connectivity index (χ0v) is 39.3. The van der Waals surface area contributed by atoms with Crippen molar-refractivity contribution in [1.29, 1.82) is 0 Å². The normalized spacial score (nSPS) is 21.5. The van der Waals surface area contributed by atoms with Gasteiger partial charge < -0.3 is 20.3 Å². The summed E-state index contributed by atoms with van der Waals surface area (Å²) in [5.41, 5.74) is -2.94. The van der Waals surface area contributed by atoms with Crippen molar-refractivity contribution in [2.24, 2.45) is 22.1 Å². The van der Waals surface area contributed by atoms with Gasteiger partial charge in [0, 0.05) is 74.2 Å². The molecule has 2 atom stereocenters. The molecule has 0 aromatic heterocycles. The van der Waals surface area contributed by atoms with E-state index in [4.69, 9.17) is 56.1 Å². The van der Waals surface area contributed by atoms with Crippen LogP contribution in [0.5, 0.6) is 0 Å². The van der Waals surface area contributed by atoms with Gasteiger partial charge in [0.05, 0.1) is 22.9 Å². The van der Waals surface area contributed by atoms with E-state index in [0.717, 1.165) is 23.6 Å². The van der Waals surface area contributed by atoms with Crippen LogP contribution in [0, 0.1) is 25.7 Å². The van der Waals surface area contributed by atoms with E-state index in [1.807, 2.05) is 11.8 Å². The molecule has 4 aliphatic heterocycles. The van der Waals surface area contributed by atoms with Crippen LogP contribution in [0.3, 0.4) is 0 Å². The molecule has 0 aliphatic carbocycles. The summed E-state index contributed by atoms with van der Waals surface area (Å²) in [7, 11) is -2.98. The molecule has 2 unspecified atom stereocenters. The van der Waals surface area contributed by atoms with Crippen molar-refractivity contribution in [2.75, 3.05) is 36.1 Å². The molecule has 0 radical (unpaired) electrons. The van der Waals surface area contributed by atoms with Crippen LogP contribution in [0.4, 0.5) is 26.3 Å². The summed E-state index contributed by atoms with van der Waals surface area (Å²) in [6.45, 7) is 4.23. The van der Waals surface area contributed by atoms with Crippen LogP contribution in [0.15, 0.2) is 83.1 Å². The van der Waals surface area contributed by atoms with Crippen LogP contribution in [0.25, 0.3) is 0 Å². The van der Waals surface area contributed by atoms with Crippen molar-refractivity contribution in [3.8, 4) is 0 Å². The van der Waals surface area contributed by atoms with Gasteiger partial charge in [0.2, 0.25) is 0 Å². The van der Waals surface area contributed by atoms with Crippen molar-refractivity contribution in [3.05, 3.63) is 137 Å². The van der Waals surface area contributed by atoms with Gasteiger partial charge in [-0.2, -0.15) is 38.1 Å². The summed E-state index contributed by atoms with van der Waals surface area (Å²) in [6.07, 6.45) is -10.7. The van der Waals surface area contributed by atoms with E-state index in [1.54, 1.807) is 38.1 Å². The number of halogens is 10. The Hall–Kier alpha value is -4.20. The van der Waals surface area contributed by atoms with Crippen LogP contribution >= 0.6 is 58.2 Å². The molecule has 2 N–H and O–H groups in total. The Morgan fingerprint density at radius 2 is 1.03 bits per heavy atom. The first-order valence-electron chi connectivity index (χ1n) is 20.0. The third-order valence-corrected chi connectivity index (χ3v) is 15.7. The number of hydrogen-bond donors (Lipinski definition) is 2. The molecule has 2 fully saturated rings. The van der Waals surface area contributed by atoms with E-state index in [0.29, 0.717) is 45.8 Å². The lowest BCUT2D eigenvalue weighted by molar-refractivity contribution is -0.276. The molecule has 4 aromatic carbocycles. The van der Waals surface area contributed by atoms with Gasteiger partial charge in [0.15, 0.2) is 9.84 Å². The van der Waals surface area contributed by atoms with Gasteiger partial charge in [0.1, 0.15) is 0 Å². The smallest absolute Gasteiger partial charge is 0.374 e. The molecule has 0 saturated carbocycles. The van der Waals surface area contributed by atoms with Gasteiger partial charge in [-0.1, -0.05) is 68.8 Å². The van der Waals surface area contributed by atoms with E-state index >= 15 is 0 Å². The minimum atomic E-state index is -4.81. The fourth-order valence-corrected chi connectivity index (χ4v) is 11.2. The molecular weight excluding hydrogens is 1000 g/mol. The number of nitrogens with zero attached hydrogens (tertiary/aromatic N) is 2. The predicted molar refractivity (Wildman–Crippen MR) is 243 cm³/mol. The first-order valence-corrected chi connectivity index (χ1v) is 24.5. The average molecular weight is 1040 g/mol. The van der Waals surface area contributed by atoms with Crippen LogP contribution in [-0.4, -0.2) is 80.1 Å². The number of amides is 2. The maximum Gasteiger partial charge on any atom is 0.435 e.